The van der Waals surface area contributed by atoms with E-state index in [-0.39, 0.29) is 40.3 Å². The van der Waals surface area contributed by atoms with Crippen molar-refractivity contribution >= 4 is 45.9 Å². The number of methoxy groups -OCH3 is 1. The number of aryl methyl sites for hydroxylation is 1. The molecule has 2 amide bonds. The smallest absolute Gasteiger partial charge is 0.341 e. The molecule has 146 valence electrons. The van der Waals surface area contributed by atoms with Gasteiger partial charge in [-0.2, -0.15) is 0 Å². The number of amides is 2. The Kier molecular flexibility index (Phi) is 7.39. The highest BCUT2D eigenvalue weighted by atomic mass is 32.2. The molecule has 0 radical (unpaired) electrons. The quantitative estimate of drug-likeness (QED) is 0.362. The van der Waals surface area contributed by atoms with Gasteiger partial charge in [0.05, 0.1) is 22.8 Å². The van der Waals surface area contributed by atoms with Crippen molar-refractivity contribution < 1.29 is 23.9 Å². The summed E-state index contributed by atoms with van der Waals surface area (Å²) < 4.78 is 11.8. The molecule has 0 spiro atoms. The van der Waals surface area contributed by atoms with Gasteiger partial charge < -0.3 is 25.1 Å². The van der Waals surface area contributed by atoms with Crippen LogP contribution in [-0.2, 0) is 21.3 Å². The Labute approximate surface area is 164 Å². The second kappa shape index (κ2) is 9.53. The number of rotatable bonds is 9. The van der Waals surface area contributed by atoms with Crippen LogP contribution in [0.5, 0.6) is 0 Å². The van der Waals surface area contributed by atoms with Gasteiger partial charge in [0.2, 0.25) is 5.91 Å². The second-order valence-electron chi connectivity index (χ2n) is 5.41. The lowest BCUT2D eigenvalue weighted by Gasteiger charge is -2.08. The molecular weight excluding hydrogens is 392 g/mol. The van der Waals surface area contributed by atoms with Crippen molar-refractivity contribution in [1.82, 2.24) is 9.55 Å². The first-order valence-corrected chi connectivity index (χ1v) is 9.64. The number of imidazole rings is 1. The van der Waals surface area contributed by atoms with Gasteiger partial charge in [0.15, 0.2) is 5.16 Å². The van der Waals surface area contributed by atoms with E-state index in [1.807, 2.05) is 7.05 Å². The Hall–Kier alpha value is -2.37. The first-order chi connectivity index (χ1) is 12.8. The lowest BCUT2D eigenvalue weighted by atomic mass is 10.1. The fourth-order valence-electron chi connectivity index (χ4n) is 2.16. The predicted octanol–water partition coefficient (Wildman–Crippen LogP) is 1.42. The molecule has 11 heteroatoms. The van der Waals surface area contributed by atoms with Crippen molar-refractivity contribution in [2.24, 2.45) is 12.8 Å². The zero-order chi connectivity index (χ0) is 20.0. The van der Waals surface area contributed by atoms with E-state index in [2.05, 4.69) is 10.3 Å². The highest BCUT2D eigenvalue weighted by Gasteiger charge is 2.26. The molecule has 0 fully saturated rings. The second-order valence-corrected chi connectivity index (χ2v) is 7.37. The third-order valence-electron chi connectivity index (χ3n) is 3.46. The summed E-state index contributed by atoms with van der Waals surface area (Å²) in [7, 11) is 3.31. The summed E-state index contributed by atoms with van der Waals surface area (Å²) >= 11 is 2.20. The largest absolute Gasteiger partial charge is 0.460 e. The molecule has 0 aliphatic carbocycles. The number of thioether (sulfide) groups is 1. The molecule has 2 rings (SSSR count). The van der Waals surface area contributed by atoms with E-state index < -0.39 is 11.9 Å². The topological polar surface area (TPSA) is 126 Å². The molecule has 0 saturated carbocycles. The van der Waals surface area contributed by atoms with Crippen LogP contribution >= 0.6 is 23.1 Å². The van der Waals surface area contributed by atoms with Gasteiger partial charge in [-0.1, -0.05) is 11.8 Å². The van der Waals surface area contributed by atoms with Crippen molar-refractivity contribution in [3.05, 3.63) is 28.4 Å². The number of thiophene rings is 1. The van der Waals surface area contributed by atoms with Crippen molar-refractivity contribution in [2.45, 2.75) is 12.1 Å². The minimum Gasteiger partial charge on any atom is -0.460 e. The molecule has 27 heavy (non-hydrogen) atoms. The summed E-state index contributed by atoms with van der Waals surface area (Å²) in [5, 5.41) is 3.58. The minimum atomic E-state index is -0.675. The lowest BCUT2D eigenvalue weighted by Crippen LogP contribution is -2.17. The van der Waals surface area contributed by atoms with E-state index in [0.717, 1.165) is 11.3 Å². The summed E-state index contributed by atoms with van der Waals surface area (Å²) in [6.07, 6.45) is 3.41. The van der Waals surface area contributed by atoms with Crippen LogP contribution in [0, 0.1) is 6.92 Å². The molecule has 0 bridgehead atoms. The molecule has 0 saturated heterocycles. The lowest BCUT2D eigenvalue weighted by molar-refractivity contribution is -0.113. The summed E-state index contributed by atoms with van der Waals surface area (Å²) in [5.41, 5.74) is 5.86. The Morgan fingerprint density at radius 1 is 1.37 bits per heavy atom. The molecule has 0 aliphatic heterocycles. The minimum absolute atomic E-state index is 0.0545. The van der Waals surface area contributed by atoms with Crippen LogP contribution in [-0.4, -0.2) is 53.4 Å². The van der Waals surface area contributed by atoms with Gasteiger partial charge >= 0.3 is 5.97 Å². The van der Waals surface area contributed by atoms with Gasteiger partial charge in [-0.15, -0.1) is 11.3 Å². The van der Waals surface area contributed by atoms with Gasteiger partial charge in [0, 0.05) is 26.6 Å². The van der Waals surface area contributed by atoms with Crippen LogP contribution in [0.4, 0.5) is 5.00 Å². The number of carbonyl (C=O) groups is 3. The van der Waals surface area contributed by atoms with Crippen LogP contribution in [0.25, 0.3) is 0 Å². The predicted molar refractivity (Wildman–Crippen MR) is 102 cm³/mol. The molecule has 2 aromatic heterocycles. The molecule has 0 aromatic carbocycles. The highest BCUT2D eigenvalue weighted by Crippen LogP contribution is 2.33. The monoisotopic (exact) mass is 412 g/mol. The third-order valence-corrected chi connectivity index (χ3v) is 5.74. The Bertz CT molecular complexity index is 846. The van der Waals surface area contributed by atoms with Gasteiger partial charge in [0.1, 0.15) is 11.6 Å². The first kappa shape index (κ1) is 20.9. The van der Waals surface area contributed by atoms with Crippen LogP contribution in [0.1, 0.15) is 25.6 Å². The van der Waals surface area contributed by atoms with Gasteiger partial charge in [-0.05, 0) is 12.5 Å². The first-order valence-electron chi connectivity index (χ1n) is 7.84. The highest BCUT2D eigenvalue weighted by molar-refractivity contribution is 7.99. The molecule has 2 aromatic rings. The maximum absolute atomic E-state index is 12.4. The van der Waals surface area contributed by atoms with Crippen molar-refractivity contribution in [3.63, 3.8) is 0 Å². The van der Waals surface area contributed by atoms with Crippen LogP contribution in [0.15, 0.2) is 17.6 Å². The molecule has 0 aliphatic rings. The summed E-state index contributed by atoms with van der Waals surface area (Å²) in [5.74, 6) is -1.58. The third kappa shape index (κ3) is 5.31. The van der Waals surface area contributed by atoms with E-state index in [4.69, 9.17) is 15.2 Å². The fourth-order valence-corrected chi connectivity index (χ4v) is 3.95. The number of hydrogen-bond acceptors (Lipinski definition) is 8. The van der Waals surface area contributed by atoms with Gasteiger partial charge in [-0.25, -0.2) is 9.78 Å². The Morgan fingerprint density at radius 3 is 2.70 bits per heavy atom. The number of aromatic nitrogens is 2. The Balaban J connectivity index is 2.14. The molecule has 9 nitrogen and oxygen atoms in total. The zero-order valence-corrected chi connectivity index (χ0v) is 16.7. The number of hydrogen-bond donors (Lipinski definition) is 2. The fraction of sp³-hybridized carbons (Fsp3) is 0.375. The molecule has 0 atom stereocenters. The molecule has 0 unspecified atom stereocenters. The van der Waals surface area contributed by atoms with E-state index in [0.29, 0.717) is 10.7 Å². The molecule has 3 N–H and O–H groups in total. The zero-order valence-electron chi connectivity index (χ0n) is 15.1. The molecular formula is C16H20N4O5S2. The number of anilines is 1. The number of nitrogens with two attached hydrogens (primary N) is 1. The SMILES string of the molecule is COCCOC(=O)c1c(NC(=O)CSc2nccn2C)sc(C(N)=O)c1C. The average Bonchev–Trinajstić information content (AvgIpc) is 3.16. The van der Waals surface area contributed by atoms with Crippen LogP contribution in [0.2, 0.25) is 0 Å². The van der Waals surface area contributed by atoms with Crippen LogP contribution in [0.3, 0.4) is 0 Å². The number of esters is 1. The van der Waals surface area contributed by atoms with Crippen molar-refractivity contribution in [3.8, 4) is 0 Å². The van der Waals surface area contributed by atoms with Crippen molar-refractivity contribution in [1.29, 1.82) is 0 Å². The maximum Gasteiger partial charge on any atom is 0.341 e. The average molecular weight is 412 g/mol. The number of carbonyl (C=O) groups excluding carboxylic acids is 3. The summed E-state index contributed by atoms with van der Waals surface area (Å²) in [4.78, 5) is 40.6. The van der Waals surface area contributed by atoms with E-state index >= 15 is 0 Å². The number of nitrogens with zero attached hydrogens (tertiary/aromatic N) is 2. The standard InChI is InChI=1S/C16H20N4O5S2/c1-9-11(15(23)25-7-6-24-3)14(27-12(9)13(17)22)19-10(21)8-26-16-18-4-5-20(16)2/h4-5H,6-8H2,1-3H3,(H2,17,22)(H,19,21). The maximum atomic E-state index is 12.4. The number of primary amides is 1. The number of ether oxygens (including phenoxy) is 2. The normalized spacial score (nSPS) is 10.6. The number of nitrogens with one attached hydrogen (secondary N) is 1. The van der Waals surface area contributed by atoms with Gasteiger partial charge in [0.25, 0.3) is 5.91 Å². The van der Waals surface area contributed by atoms with E-state index in [1.165, 1.54) is 18.9 Å². The Morgan fingerprint density at radius 2 is 2.11 bits per heavy atom. The summed E-state index contributed by atoms with van der Waals surface area (Å²) in [6, 6.07) is 0. The molecule has 2 heterocycles. The summed E-state index contributed by atoms with van der Waals surface area (Å²) in [6.45, 7) is 1.88. The van der Waals surface area contributed by atoms with Crippen molar-refractivity contribution in [2.75, 3.05) is 31.4 Å². The van der Waals surface area contributed by atoms with E-state index in [9.17, 15) is 14.4 Å². The van der Waals surface area contributed by atoms with E-state index in [1.54, 1.807) is 23.9 Å². The van der Waals surface area contributed by atoms with Gasteiger partial charge in [-0.3, -0.25) is 9.59 Å². The van der Waals surface area contributed by atoms with Crippen LogP contribution < -0.4 is 11.1 Å².